The molecule has 0 aliphatic rings. The standard InChI is InChI=1S/C27H23N7O2/c1-16-20(15-33(3)31-16)22-13-19(24-17(2)32-36-26(24)28-22)25(35)30-27-29-21-11-7-8-12-23(21)34(27)14-18-9-5-4-6-10-18/h4-13,15H,14H2,1-3H3,(H,29,30,35). The van der Waals surface area contributed by atoms with E-state index in [1.54, 1.807) is 17.7 Å². The lowest BCUT2D eigenvalue weighted by molar-refractivity contribution is 0.102. The number of rotatable bonds is 5. The first kappa shape index (κ1) is 21.7. The van der Waals surface area contributed by atoms with Crippen molar-refractivity contribution in [2.45, 2.75) is 20.4 Å². The van der Waals surface area contributed by atoms with Gasteiger partial charge in [0.05, 0.1) is 45.6 Å². The first-order chi connectivity index (χ1) is 17.5. The van der Waals surface area contributed by atoms with E-state index in [0.29, 0.717) is 40.5 Å². The molecule has 0 spiro atoms. The summed E-state index contributed by atoms with van der Waals surface area (Å²) in [4.78, 5) is 23.1. The molecule has 0 saturated carbocycles. The quantitative estimate of drug-likeness (QED) is 0.379. The fourth-order valence-corrected chi connectivity index (χ4v) is 4.53. The van der Waals surface area contributed by atoms with Crippen LogP contribution in [0.3, 0.4) is 0 Å². The molecule has 0 fully saturated rings. The van der Waals surface area contributed by atoms with Gasteiger partial charge in [0.25, 0.3) is 11.6 Å². The number of carbonyl (C=O) groups is 1. The normalized spacial score (nSPS) is 11.4. The zero-order chi connectivity index (χ0) is 24.8. The van der Waals surface area contributed by atoms with E-state index in [1.807, 2.05) is 67.2 Å². The van der Waals surface area contributed by atoms with Crippen molar-refractivity contribution >= 4 is 34.0 Å². The number of carbonyl (C=O) groups excluding carboxylic acids is 1. The van der Waals surface area contributed by atoms with Crippen LogP contribution in [0.25, 0.3) is 33.4 Å². The number of para-hydroxylation sites is 2. The molecule has 4 aromatic heterocycles. The van der Waals surface area contributed by atoms with Crippen molar-refractivity contribution in [2.75, 3.05) is 5.32 Å². The summed E-state index contributed by atoms with van der Waals surface area (Å²) in [5.41, 5.74) is 6.36. The molecule has 0 aliphatic carbocycles. The van der Waals surface area contributed by atoms with Crippen LogP contribution in [0.1, 0.15) is 27.3 Å². The predicted octanol–water partition coefficient (Wildman–Crippen LogP) is 4.89. The molecular weight excluding hydrogens is 454 g/mol. The Bertz CT molecular complexity index is 1740. The van der Waals surface area contributed by atoms with Gasteiger partial charge in [-0.1, -0.05) is 47.6 Å². The number of aromatic nitrogens is 6. The van der Waals surface area contributed by atoms with Crippen LogP contribution < -0.4 is 5.32 Å². The van der Waals surface area contributed by atoms with Gasteiger partial charge in [-0.2, -0.15) is 5.10 Å². The zero-order valence-corrected chi connectivity index (χ0v) is 20.1. The molecule has 1 amide bonds. The van der Waals surface area contributed by atoms with Crippen molar-refractivity contribution in [3.63, 3.8) is 0 Å². The number of pyridine rings is 1. The number of nitrogens with zero attached hydrogens (tertiary/aromatic N) is 6. The number of hydrogen-bond acceptors (Lipinski definition) is 6. The van der Waals surface area contributed by atoms with Gasteiger partial charge in [-0.15, -0.1) is 0 Å². The number of nitrogens with one attached hydrogen (secondary N) is 1. The maximum Gasteiger partial charge on any atom is 0.259 e. The van der Waals surface area contributed by atoms with Crippen molar-refractivity contribution in [3.05, 3.63) is 89.4 Å². The number of amides is 1. The third kappa shape index (κ3) is 3.70. The molecule has 0 atom stereocenters. The van der Waals surface area contributed by atoms with Gasteiger partial charge < -0.3 is 9.09 Å². The molecule has 1 N–H and O–H groups in total. The fraction of sp³-hybridized carbons (Fsp3) is 0.148. The minimum Gasteiger partial charge on any atom is -0.335 e. The van der Waals surface area contributed by atoms with Crippen LogP contribution in [0, 0.1) is 13.8 Å². The number of imidazole rings is 1. The molecule has 0 radical (unpaired) electrons. The van der Waals surface area contributed by atoms with Gasteiger partial charge >= 0.3 is 0 Å². The van der Waals surface area contributed by atoms with Gasteiger partial charge in [-0.05, 0) is 37.6 Å². The van der Waals surface area contributed by atoms with E-state index in [1.165, 1.54) is 0 Å². The summed E-state index contributed by atoms with van der Waals surface area (Å²) in [7, 11) is 1.85. The first-order valence-electron chi connectivity index (χ1n) is 11.6. The molecule has 178 valence electrons. The monoisotopic (exact) mass is 477 g/mol. The third-order valence-corrected chi connectivity index (χ3v) is 6.21. The highest BCUT2D eigenvalue weighted by molar-refractivity contribution is 6.12. The Morgan fingerprint density at radius 3 is 2.56 bits per heavy atom. The van der Waals surface area contributed by atoms with Crippen molar-refractivity contribution < 1.29 is 9.32 Å². The molecule has 0 saturated heterocycles. The van der Waals surface area contributed by atoms with Gasteiger partial charge in [0.1, 0.15) is 0 Å². The van der Waals surface area contributed by atoms with Gasteiger partial charge in [0.15, 0.2) is 0 Å². The Kier molecular flexibility index (Phi) is 5.10. The summed E-state index contributed by atoms with van der Waals surface area (Å²) in [5, 5.41) is 12.1. The van der Waals surface area contributed by atoms with Crippen molar-refractivity contribution in [1.29, 1.82) is 0 Å². The topological polar surface area (TPSA) is 104 Å². The molecule has 9 heteroatoms. The summed E-state index contributed by atoms with van der Waals surface area (Å²) >= 11 is 0. The minimum absolute atomic E-state index is 0.302. The Labute approximate surface area is 206 Å². The summed E-state index contributed by atoms with van der Waals surface area (Å²) in [5.74, 6) is 0.143. The maximum atomic E-state index is 13.8. The van der Waals surface area contributed by atoms with Crippen LogP contribution in [0.5, 0.6) is 0 Å². The second-order valence-corrected chi connectivity index (χ2v) is 8.76. The van der Waals surface area contributed by atoms with Gasteiger partial charge in [0, 0.05) is 18.8 Å². The lowest BCUT2D eigenvalue weighted by atomic mass is 10.1. The Balaban J connectivity index is 1.45. The fourth-order valence-electron chi connectivity index (χ4n) is 4.53. The van der Waals surface area contributed by atoms with Gasteiger partial charge in [-0.3, -0.25) is 14.8 Å². The number of anilines is 1. The smallest absolute Gasteiger partial charge is 0.259 e. The summed E-state index contributed by atoms with van der Waals surface area (Å²) in [6, 6.07) is 19.7. The highest BCUT2D eigenvalue weighted by atomic mass is 16.5. The van der Waals surface area contributed by atoms with Crippen LogP contribution in [0.4, 0.5) is 5.95 Å². The molecule has 2 aromatic carbocycles. The van der Waals surface area contributed by atoms with E-state index in [-0.39, 0.29) is 5.91 Å². The first-order valence-corrected chi connectivity index (χ1v) is 11.6. The highest BCUT2D eigenvalue weighted by Crippen LogP contribution is 2.29. The SMILES string of the molecule is Cc1nn(C)cc1-c1cc(C(=O)Nc2nc3ccccc3n2Cc2ccccc2)c2c(C)noc2n1. The van der Waals surface area contributed by atoms with E-state index < -0.39 is 0 Å². The van der Waals surface area contributed by atoms with Crippen LogP contribution in [-0.4, -0.2) is 35.4 Å². The van der Waals surface area contributed by atoms with E-state index in [9.17, 15) is 4.79 Å². The number of fused-ring (bicyclic) bond motifs is 2. The summed E-state index contributed by atoms with van der Waals surface area (Å²) in [6.07, 6.45) is 1.87. The molecule has 0 unspecified atom stereocenters. The Hall–Kier alpha value is -4.79. The van der Waals surface area contributed by atoms with Crippen LogP contribution in [0.2, 0.25) is 0 Å². The van der Waals surface area contributed by atoms with Crippen molar-refractivity contribution in [2.24, 2.45) is 7.05 Å². The molecule has 6 rings (SSSR count). The minimum atomic E-state index is -0.318. The lowest BCUT2D eigenvalue weighted by Crippen LogP contribution is -2.17. The van der Waals surface area contributed by atoms with Crippen LogP contribution in [0.15, 0.2) is 71.4 Å². The van der Waals surface area contributed by atoms with Crippen LogP contribution in [-0.2, 0) is 13.6 Å². The predicted molar refractivity (Wildman–Crippen MR) is 137 cm³/mol. The molecule has 0 aliphatic heterocycles. The third-order valence-electron chi connectivity index (χ3n) is 6.21. The molecule has 0 bridgehead atoms. The molecule has 9 nitrogen and oxygen atoms in total. The summed E-state index contributed by atoms with van der Waals surface area (Å²) in [6.45, 7) is 4.26. The largest absolute Gasteiger partial charge is 0.335 e. The van der Waals surface area contributed by atoms with E-state index in [0.717, 1.165) is 27.9 Å². The van der Waals surface area contributed by atoms with Crippen molar-refractivity contribution in [3.8, 4) is 11.3 Å². The molecule has 36 heavy (non-hydrogen) atoms. The Morgan fingerprint density at radius 1 is 1.00 bits per heavy atom. The average Bonchev–Trinajstić information content (AvgIpc) is 3.54. The maximum absolute atomic E-state index is 13.8. The molecular formula is C27H23N7O2. The van der Waals surface area contributed by atoms with Crippen LogP contribution >= 0.6 is 0 Å². The number of hydrogen-bond donors (Lipinski definition) is 1. The van der Waals surface area contributed by atoms with Gasteiger partial charge in [-0.25, -0.2) is 9.97 Å². The van der Waals surface area contributed by atoms with Gasteiger partial charge in [0.2, 0.25) is 5.95 Å². The second-order valence-electron chi connectivity index (χ2n) is 8.76. The molecule has 6 aromatic rings. The average molecular weight is 478 g/mol. The Morgan fingerprint density at radius 2 is 1.78 bits per heavy atom. The van der Waals surface area contributed by atoms with E-state index >= 15 is 0 Å². The lowest BCUT2D eigenvalue weighted by Gasteiger charge is -2.11. The van der Waals surface area contributed by atoms with Crippen molar-refractivity contribution in [1.82, 2.24) is 29.5 Å². The molecule has 4 heterocycles. The highest BCUT2D eigenvalue weighted by Gasteiger charge is 2.22. The van der Waals surface area contributed by atoms with E-state index in [4.69, 9.17) is 9.51 Å². The summed E-state index contributed by atoms with van der Waals surface area (Å²) < 4.78 is 9.18. The second kappa shape index (κ2) is 8.46. The number of aryl methyl sites for hydroxylation is 3. The number of benzene rings is 2. The zero-order valence-electron chi connectivity index (χ0n) is 20.1. The van der Waals surface area contributed by atoms with E-state index in [2.05, 4.69) is 32.7 Å².